The molecule has 1 aliphatic carbocycles. The fraction of sp³-hybridized carbons (Fsp3) is 0.263. The Balaban J connectivity index is 1.74. The van der Waals surface area contributed by atoms with E-state index in [2.05, 4.69) is 11.4 Å². The van der Waals surface area contributed by atoms with Gasteiger partial charge in [-0.25, -0.2) is 0 Å². The first-order valence-electron chi connectivity index (χ1n) is 8.13. The van der Waals surface area contributed by atoms with E-state index in [1.807, 2.05) is 30.3 Å². The highest BCUT2D eigenvalue weighted by molar-refractivity contribution is 5.66. The van der Waals surface area contributed by atoms with Gasteiger partial charge in [-0.1, -0.05) is 36.4 Å². The number of nitrogens with one attached hydrogen (secondary N) is 1. The van der Waals surface area contributed by atoms with Crippen LogP contribution in [0.25, 0.3) is 0 Å². The third kappa shape index (κ3) is 4.13. The molecule has 124 valence electrons. The zero-order valence-electron chi connectivity index (χ0n) is 13.4. The van der Waals surface area contributed by atoms with Gasteiger partial charge in [-0.05, 0) is 43.4 Å². The summed E-state index contributed by atoms with van der Waals surface area (Å²) < 4.78 is 5.68. The van der Waals surface area contributed by atoms with Gasteiger partial charge in [-0.3, -0.25) is 10.1 Å². The van der Waals surface area contributed by atoms with E-state index in [4.69, 9.17) is 4.74 Å². The molecule has 0 heterocycles. The lowest BCUT2D eigenvalue weighted by molar-refractivity contribution is -0.384. The Hall–Kier alpha value is -2.82. The lowest BCUT2D eigenvalue weighted by atomic mass is 10.0. The minimum absolute atomic E-state index is 0.0343. The van der Waals surface area contributed by atoms with Gasteiger partial charge in [0.15, 0.2) is 0 Å². The Bertz CT molecular complexity index is 742. The molecular formula is C19H20N2O3. The monoisotopic (exact) mass is 324 g/mol. The first-order chi connectivity index (χ1) is 11.7. The van der Waals surface area contributed by atoms with Crippen molar-refractivity contribution in [1.82, 2.24) is 0 Å². The second-order valence-corrected chi connectivity index (χ2v) is 5.81. The van der Waals surface area contributed by atoms with Gasteiger partial charge < -0.3 is 10.1 Å². The number of benzene rings is 2. The molecule has 2 aromatic rings. The summed E-state index contributed by atoms with van der Waals surface area (Å²) in [5, 5.41) is 14.6. The number of ether oxygens (including phenoxy) is 1. The molecule has 5 nitrogen and oxygen atoms in total. The van der Waals surface area contributed by atoms with Crippen LogP contribution in [0.4, 0.5) is 11.4 Å². The van der Waals surface area contributed by atoms with Crippen molar-refractivity contribution >= 4 is 11.4 Å². The number of nitrogens with zero attached hydrogens (tertiary/aromatic N) is 1. The van der Waals surface area contributed by atoms with Crippen LogP contribution in [0.3, 0.4) is 0 Å². The van der Waals surface area contributed by atoms with E-state index in [0.717, 1.165) is 30.5 Å². The zero-order chi connectivity index (χ0) is 16.8. The number of nitro groups is 1. The van der Waals surface area contributed by atoms with Crippen molar-refractivity contribution in [1.29, 1.82) is 0 Å². The smallest absolute Gasteiger partial charge is 0.296 e. The van der Waals surface area contributed by atoms with E-state index < -0.39 is 0 Å². The van der Waals surface area contributed by atoms with Crippen LogP contribution in [0, 0.1) is 10.1 Å². The first kappa shape index (κ1) is 16.1. The van der Waals surface area contributed by atoms with Crippen LogP contribution in [0.5, 0.6) is 5.75 Å². The average Bonchev–Trinajstić information content (AvgIpc) is 2.62. The fourth-order valence-corrected chi connectivity index (χ4v) is 2.72. The minimum Gasteiger partial charge on any atom is -0.489 e. The summed E-state index contributed by atoms with van der Waals surface area (Å²) in [4.78, 5) is 11.0. The molecule has 0 bridgehead atoms. The maximum atomic E-state index is 11.4. The molecular weight excluding hydrogens is 304 g/mol. The normalized spacial score (nSPS) is 13.9. The van der Waals surface area contributed by atoms with Gasteiger partial charge in [-0.15, -0.1) is 0 Å². The molecule has 5 heteroatoms. The topological polar surface area (TPSA) is 64.4 Å². The number of hydrogen-bond acceptors (Lipinski definition) is 4. The number of anilines is 1. The molecule has 24 heavy (non-hydrogen) atoms. The highest BCUT2D eigenvalue weighted by Gasteiger charge is 2.17. The van der Waals surface area contributed by atoms with E-state index in [1.54, 1.807) is 12.1 Å². The second-order valence-electron chi connectivity index (χ2n) is 5.81. The molecule has 0 amide bonds. The lowest BCUT2D eigenvalue weighted by Gasteiger charge is -2.15. The van der Waals surface area contributed by atoms with Crippen molar-refractivity contribution in [3.8, 4) is 5.75 Å². The standard InChI is InChI=1S/C19H20N2O3/c22-21(23)19-13-17(24-14-15-7-3-1-4-8-15)11-12-18(19)20-16-9-5-2-6-10-16/h1,3-4,7-9,11-13,20H,2,5-6,10,14H2. The van der Waals surface area contributed by atoms with Crippen LogP contribution in [0.1, 0.15) is 31.2 Å². The van der Waals surface area contributed by atoms with E-state index in [1.165, 1.54) is 12.5 Å². The lowest BCUT2D eigenvalue weighted by Crippen LogP contribution is -2.05. The number of nitro benzene ring substituents is 1. The van der Waals surface area contributed by atoms with Crippen molar-refractivity contribution in [2.24, 2.45) is 0 Å². The van der Waals surface area contributed by atoms with Gasteiger partial charge in [-0.2, -0.15) is 0 Å². The third-order valence-corrected chi connectivity index (χ3v) is 4.00. The Morgan fingerprint density at radius 2 is 1.96 bits per heavy atom. The van der Waals surface area contributed by atoms with Gasteiger partial charge >= 0.3 is 0 Å². The summed E-state index contributed by atoms with van der Waals surface area (Å²) >= 11 is 0. The van der Waals surface area contributed by atoms with Gasteiger partial charge in [0, 0.05) is 5.70 Å². The maximum Gasteiger partial charge on any atom is 0.296 e. The predicted molar refractivity (Wildman–Crippen MR) is 94.0 cm³/mol. The zero-order valence-corrected chi connectivity index (χ0v) is 13.4. The van der Waals surface area contributed by atoms with E-state index in [9.17, 15) is 10.1 Å². The molecule has 0 saturated carbocycles. The molecule has 0 aliphatic heterocycles. The Morgan fingerprint density at radius 1 is 1.12 bits per heavy atom. The van der Waals surface area contributed by atoms with Gasteiger partial charge in [0.1, 0.15) is 18.0 Å². The number of rotatable bonds is 6. The van der Waals surface area contributed by atoms with E-state index in [0.29, 0.717) is 18.0 Å². The summed E-state index contributed by atoms with van der Waals surface area (Å²) in [6.07, 6.45) is 6.37. The number of hydrogen-bond donors (Lipinski definition) is 1. The maximum absolute atomic E-state index is 11.4. The largest absolute Gasteiger partial charge is 0.489 e. The summed E-state index contributed by atoms with van der Waals surface area (Å²) in [6.45, 7) is 0.385. The molecule has 1 aliphatic rings. The molecule has 0 aromatic heterocycles. The fourth-order valence-electron chi connectivity index (χ4n) is 2.72. The third-order valence-electron chi connectivity index (χ3n) is 4.00. The predicted octanol–water partition coefficient (Wildman–Crippen LogP) is 5.04. The molecule has 0 fully saturated rings. The molecule has 2 aromatic carbocycles. The highest BCUT2D eigenvalue weighted by atomic mass is 16.6. The molecule has 0 radical (unpaired) electrons. The van der Waals surface area contributed by atoms with Crippen molar-refractivity contribution in [2.75, 3.05) is 5.32 Å². The van der Waals surface area contributed by atoms with Crippen LogP contribution in [-0.4, -0.2) is 4.92 Å². The molecule has 0 atom stereocenters. The SMILES string of the molecule is O=[N+]([O-])c1cc(OCc2ccccc2)ccc1NC1=CCCCC1. The van der Waals surface area contributed by atoms with Gasteiger partial charge in [0.05, 0.1) is 11.0 Å². The van der Waals surface area contributed by atoms with Crippen LogP contribution in [-0.2, 0) is 6.61 Å². The molecule has 0 unspecified atom stereocenters. The molecule has 0 saturated heterocycles. The Labute approximate surface area is 141 Å². The molecule has 0 spiro atoms. The Kier molecular flexibility index (Phi) is 5.11. The summed E-state index contributed by atoms with van der Waals surface area (Å²) in [6, 6.07) is 14.7. The van der Waals surface area contributed by atoms with Crippen LogP contribution < -0.4 is 10.1 Å². The van der Waals surface area contributed by atoms with Crippen molar-refractivity contribution in [3.05, 3.63) is 76.0 Å². The van der Waals surface area contributed by atoms with Crippen LogP contribution in [0.2, 0.25) is 0 Å². The molecule has 1 N–H and O–H groups in total. The second kappa shape index (κ2) is 7.64. The van der Waals surface area contributed by atoms with Crippen molar-refractivity contribution < 1.29 is 9.66 Å². The van der Waals surface area contributed by atoms with E-state index in [-0.39, 0.29) is 10.6 Å². The van der Waals surface area contributed by atoms with Crippen LogP contribution >= 0.6 is 0 Å². The van der Waals surface area contributed by atoms with Gasteiger partial charge in [0.2, 0.25) is 0 Å². The number of allylic oxidation sites excluding steroid dienone is 2. The summed E-state index contributed by atoms with van der Waals surface area (Å²) in [7, 11) is 0. The van der Waals surface area contributed by atoms with Crippen molar-refractivity contribution in [3.63, 3.8) is 0 Å². The van der Waals surface area contributed by atoms with Crippen LogP contribution in [0.15, 0.2) is 60.3 Å². The van der Waals surface area contributed by atoms with Crippen molar-refractivity contribution in [2.45, 2.75) is 32.3 Å². The van der Waals surface area contributed by atoms with E-state index >= 15 is 0 Å². The molecule has 3 rings (SSSR count). The average molecular weight is 324 g/mol. The Morgan fingerprint density at radius 3 is 2.67 bits per heavy atom. The summed E-state index contributed by atoms with van der Waals surface area (Å²) in [5.74, 6) is 0.494. The quantitative estimate of drug-likeness (QED) is 0.597. The summed E-state index contributed by atoms with van der Waals surface area (Å²) in [5.41, 5.74) is 2.63. The first-order valence-corrected chi connectivity index (χ1v) is 8.13. The minimum atomic E-state index is -0.374. The highest BCUT2D eigenvalue weighted by Crippen LogP contribution is 2.32. The van der Waals surface area contributed by atoms with Gasteiger partial charge in [0.25, 0.3) is 5.69 Å².